The van der Waals surface area contributed by atoms with Crippen LogP contribution in [-0.4, -0.2) is 16.1 Å². The van der Waals surface area contributed by atoms with Crippen molar-refractivity contribution in [1.82, 2.24) is 10.3 Å². The Morgan fingerprint density at radius 3 is 3.00 bits per heavy atom. The van der Waals surface area contributed by atoms with E-state index in [1.807, 2.05) is 31.2 Å². The van der Waals surface area contributed by atoms with Crippen LogP contribution in [0.1, 0.15) is 34.0 Å². The molecule has 0 aliphatic heterocycles. The molecule has 19 heavy (non-hydrogen) atoms. The van der Waals surface area contributed by atoms with E-state index in [0.717, 1.165) is 22.6 Å². The van der Waals surface area contributed by atoms with Gasteiger partial charge >= 0.3 is 5.97 Å². The SMILES string of the molecule is C[C@H](NCc1csc(C(=O)O)n1)c1cccc(Cl)c1. The van der Waals surface area contributed by atoms with E-state index in [-0.39, 0.29) is 11.0 Å². The molecule has 4 nitrogen and oxygen atoms in total. The molecule has 0 saturated carbocycles. The fourth-order valence-corrected chi connectivity index (χ4v) is 2.49. The van der Waals surface area contributed by atoms with E-state index in [2.05, 4.69) is 10.3 Å². The van der Waals surface area contributed by atoms with E-state index in [0.29, 0.717) is 11.6 Å². The van der Waals surface area contributed by atoms with Gasteiger partial charge in [0, 0.05) is 23.0 Å². The average Bonchev–Trinajstić information content (AvgIpc) is 2.85. The molecular formula is C13H13ClN2O2S. The van der Waals surface area contributed by atoms with Crippen LogP contribution in [0, 0.1) is 0 Å². The van der Waals surface area contributed by atoms with Crippen LogP contribution in [0.4, 0.5) is 0 Å². The number of rotatable bonds is 5. The number of halogens is 1. The summed E-state index contributed by atoms with van der Waals surface area (Å²) in [5, 5.41) is 14.7. The number of thiazole rings is 1. The molecule has 1 aromatic carbocycles. The maximum Gasteiger partial charge on any atom is 0.365 e. The Labute approximate surface area is 120 Å². The molecule has 2 rings (SSSR count). The van der Waals surface area contributed by atoms with Gasteiger partial charge in [-0.05, 0) is 24.6 Å². The molecule has 100 valence electrons. The third kappa shape index (κ3) is 3.76. The van der Waals surface area contributed by atoms with Crippen molar-refractivity contribution in [3.63, 3.8) is 0 Å². The fraction of sp³-hybridized carbons (Fsp3) is 0.231. The Bertz CT molecular complexity index is 586. The number of carboxylic acids is 1. The minimum Gasteiger partial charge on any atom is -0.476 e. The number of nitrogens with zero attached hydrogens (tertiary/aromatic N) is 1. The van der Waals surface area contributed by atoms with Crippen molar-refractivity contribution in [3.8, 4) is 0 Å². The zero-order valence-corrected chi connectivity index (χ0v) is 11.8. The Morgan fingerprint density at radius 2 is 2.37 bits per heavy atom. The number of aromatic carboxylic acids is 1. The lowest BCUT2D eigenvalue weighted by Gasteiger charge is -2.13. The molecular weight excluding hydrogens is 284 g/mol. The minimum absolute atomic E-state index is 0.118. The molecule has 1 atom stereocenters. The monoisotopic (exact) mass is 296 g/mol. The summed E-state index contributed by atoms with van der Waals surface area (Å²) in [6, 6.07) is 7.75. The van der Waals surface area contributed by atoms with Gasteiger partial charge in [0.15, 0.2) is 0 Å². The number of nitrogens with one attached hydrogen (secondary N) is 1. The highest BCUT2D eigenvalue weighted by Crippen LogP contribution is 2.18. The summed E-state index contributed by atoms with van der Waals surface area (Å²) >= 11 is 7.08. The van der Waals surface area contributed by atoms with Crippen molar-refractivity contribution in [3.05, 3.63) is 50.9 Å². The molecule has 0 aliphatic rings. The van der Waals surface area contributed by atoms with Crippen LogP contribution in [0.3, 0.4) is 0 Å². The van der Waals surface area contributed by atoms with E-state index >= 15 is 0 Å². The first-order valence-corrected chi connectivity index (χ1v) is 6.98. The van der Waals surface area contributed by atoms with Crippen LogP contribution in [0.2, 0.25) is 5.02 Å². The topological polar surface area (TPSA) is 62.2 Å². The second kappa shape index (κ2) is 6.14. The second-order valence-corrected chi connectivity index (χ2v) is 5.40. The highest BCUT2D eigenvalue weighted by Gasteiger charge is 2.10. The van der Waals surface area contributed by atoms with Crippen LogP contribution in [0.15, 0.2) is 29.6 Å². The van der Waals surface area contributed by atoms with Crippen LogP contribution in [0.5, 0.6) is 0 Å². The maximum atomic E-state index is 10.7. The summed E-state index contributed by atoms with van der Waals surface area (Å²) in [5.41, 5.74) is 1.82. The first-order valence-electron chi connectivity index (χ1n) is 5.73. The molecule has 1 aromatic heterocycles. The Balaban J connectivity index is 1.96. The lowest BCUT2D eigenvalue weighted by atomic mass is 10.1. The van der Waals surface area contributed by atoms with E-state index < -0.39 is 5.97 Å². The Kier molecular flexibility index (Phi) is 4.52. The van der Waals surface area contributed by atoms with Crippen molar-refractivity contribution in [2.75, 3.05) is 0 Å². The summed E-state index contributed by atoms with van der Waals surface area (Å²) in [6.45, 7) is 2.55. The molecule has 6 heteroatoms. The molecule has 2 aromatic rings. The van der Waals surface area contributed by atoms with E-state index in [1.165, 1.54) is 0 Å². The van der Waals surface area contributed by atoms with E-state index in [1.54, 1.807) is 5.38 Å². The third-order valence-corrected chi connectivity index (χ3v) is 3.79. The number of benzene rings is 1. The summed E-state index contributed by atoms with van der Waals surface area (Å²) in [4.78, 5) is 14.7. The van der Waals surface area contributed by atoms with Crippen LogP contribution in [0.25, 0.3) is 0 Å². The van der Waals surface area contributed by atoms with Crippen molar-refractivity contribution >= 4 is 28.9 Å². The number of aromatic nitrogens is 1. The van der Waals surface area contributed by atoms with Crippen molar-refractivity contribution in [1.29, 1.82) is 0 Å². The number of hydrogen-bond acceptors (Lipinski definition) is 4. The molecule has 0 bridgehead atoms. The first-order chi connectivity index (χ1) is 9.06. The zero-order chi connectivity index (χ0) is 13.8. The largest absolute Gasteiger partial charge is 0.476 e. The molecule has 0 unspecified atom stereocenters. The van der Waals surface area contributed by atoms with Crippen LogP contribution < -0.4 is 5.32 Å². The van der Waals surface area contributed by atoms with Gasteiger partial charge in [-0.25, -0.2) is 9.78 Å². The fourth-order valence-electron chi connectivity index (χ4n) is 1.64. The first kappa shape index (κ1) is 14.0. The number of carboxylic acid groups (broad SMARTS) is 1. The standard InChI is InChI=1S/C13H13ClN2O2S/c1-8(9-3-2-4-10(14)5-9)15-6-11-7-19-12(16-11)13(17)18/h2-5,7-8,15H,6H2,1H3,(H,17,18)/t8-/m0/s1. The van der Waals surface area contributed by atoms with Crippen molar-refractivity contribution in [2.24, 2.45) is 0 Å². The van der Waals surface area contributed by atoms with Gasteiger partial charge in [-0.3, -0.25) is 0 Å². The molecule has 1 heterocycles. The van der Waals surface area contributed by atoms with Gasteiger partial charge in [0.1, 0.15) is 0 Å². The van der Waals surface area contributed by atoms with Gasteiger partial charge in [-0.1, -0.05) is 23.7 Å². The molecule has 0 radical (unpaired) electrons. The number of carbonyl (C=O) groups is 1. The lowest BCUT2D eigenvalue weighted by Crippen LogP contribution is -2.18. The summed E-state index contributed by atoms with van der Waals surface area (Å²) in [7, 11) is 0. The highest BCUT2D eigenvalue weighted by molar-refractivity contribution is 7.11. The van der Waals surface area contributed by atoms with E-state index in [4.69, 9.17) is 16.7 Å². The summed E-state index contributed by atoms with van der Waals surface area (Å²) in [5.74, 6) is -0.987. The highest BCUT2D eigenvalue weighted by atomic mass is 35.5. The van der Waals surface area contributed by atoms with Crippen molar-refractivity contribution in [2.45, 2.75) is 19.5 Å². The Morgan fingerprint density at radius 1 is 1.58 bits per heavy atom. The smallest absolute Gasteiger partial charge is 0.365 e. The minimum atomic E-state index is -0.987. The van der Waals surface area contributed by atoms with Gasteiger partial charge in [0.25, 0.3) is 0 Å². The molecule has 0 spiro atoms. The van der Waals surface area contributed by atoms with Crippen molar-refractivity contribution < 1.29 is 9.90 Å². The van der Waals surface area contributed by atoms with Crippen LogP contribution in [-0.2, 0) is 6.54 Å². The third-order valence-electron chi connectivity index (χ3n) is 2.67. The lowest BCUT2D eigenvalue weighted by molar-refractivity contribution is 0.0696. The molecule has 2 N–H and O–H groups in total. The second-order valence-electron chi connectivity index (χ2n) is 4.11. The predicted molar refractivity (Wildman–Crippen MR) is 75.8 cm³/mol. The normalized spacial score (nSPS) is 12.3. The summed E-state index contributed by atoms with van der Waals surface area (Å²) < 4.78 is 0. The zero-order valence-electron chi connectivity index (χ0n) is 10.3. The summed E-state index contributed by atoms with van der Waals surface area (Å²) in [6.07, 6.45) is 0. The van der Waals surface area contributed by atoms with Gasteiger partial charge in [-0.15, -0.1) is 11.3 Å². The molecule has 0 aliphatic carbocycles. The van der Waals surface area contributed by atoms with Gasteiger partial charge in [-0.2, -0.15) is 0 Å². The van der Waals surface area contributed by atoms with Crippen LogP contribution >= 0.6 is 22.9 Å². The molecule has 0 saturated heterocycles. The van der Waals surface area contributed by atoms with Gasteiger partial charge < -0.3 is 10.4 Å². The maximum absolute atomic E-state index is 10.7. The van der Waals surface area contributed by atoms with E-state index in [9.17, 15) is 4.79 Å². The predicted octanol–water partition coefficient (Wildman–Crippen LogP) is 3.35. The molecule has 0 amide bonds. The average molecular weight is 297 g/mol. The molecule has 0 fully saturated rings. The number of hydrogen-bond donors (Lipinski definition) is 2. The van der Waals surface area contributed by atoms with Gasteiger partial charge in [0.05, 0.1) is 5.69 Å². The quantitative estimate of drug-likeness (QED) is 0.888. The Hall–Kier alpha value is -1.43. The van der Waals surface area contributed by atoms with Gasteiger partial charge in [0.2, 0.25) is 5.01 Å².